The van der Waals surface area contributed by atoms with E-state index in [1.54, 1.807) is 29.8 Å². The molecule has 0 aliphatic heterocycles. The van der Waals surface area contributed by atoms with E-state index in [0.29, 0.717) is 16.1 Å². The van der Waals surface area contributed by atoms with Crippen LogP contribution in [0, 0.1) is 11.3 Å². The molecule has 0 radical (unpaired) electrons. The van der Waals surface area contributed by atoms with Crippen LogP contribution >= 0.6 is 11.3 Å². The molecule has 146 valence electrons. The van der Waals surface area contributed by atoms with Crippen LogP contribution in [0.15, 0.2) is 35.8 Å². The van der Waals surface area contributed by atoms with E-state index in [9.17, 15) is 13.2 Å². The number of carbonyl (C=O) groups is 1. The number of hydrogen-bond acceptors (Lipinski definition) is 6. The molecule has 1 aromatic carbocycles. The van der Waals surface area contributed by atoms with Crippen molar-refractivity contribution in [2.45, 2.75) is 39.5 Å². The maximum absolute atomic E-state index is 12.4. The number of benzene rings is 1. The lowest BCUT2D eigenvalue weighted by atomic mass is 9.74. The number of hydrogen-bond donors (Lipinski definition) is 1. The fourth-order valence-electron chi connectivity index (χ4n) is 3.24. The Bertz CT molecular complexity index is 882. The molecular formula is C19H24N2O4S2. The summed E-state index contributed by atoms with van der Waals surface area (Å²) in [5.74, 6) is -0.0711. The van der Waals surface area contributed by atoms with Crippen LogP contribution in [0.1, 0.15) is 49.9 Å². The molecule has 1 amide bonds. The fraction of sp³-hybridized carbons (Fsp3) is 0.474. The van der Waals surface area contributed by atoms with Gasteiger partial charge in [-0.05, 0) is 55.2 Å². The van der Waals surface area contributed by atoms with Crippen LogP contribution in [0.4, 0.5) is 5.13 Å². The lowest BCUT2D eigenvalue weighted by Gasteiger charge is -2.33. The van der Waals surface area contributed by atoms with Crippen LogP contribution in [0.5, 0.6) is 5.75 Å². The van der Waals surface area contributed by atoms with Crippen molar-refractivity contribution in [2.24, 2.45) is 11.3 Å². The number of anilines is 1. The molecule has 27 heavy (non-hydrogen) atoms. The van der Waals surface area contributed by atoms with Gasteiger partial charge in [0, 0.05) is 17.1 Å². The van der Waals surface area contributed by atoms with Gasteiger partial charge in [0.25, 0.3) is 5.91 Å². The van der Waals surface area contributed by atoms with Crippen molar-refractivity contribution in [3.05, 3.63) is 41.4 Å². The highest BCUT2D eigenvalue weighted by molar-refractivity contribution is 7.87. The summed E-state index contributed by atoms with van der Waals surface area (Å²) < 4.78 is 30.1. The van der Waals surface area contributed by atoms with Crippen molar-refractivity contribution in [1.29, 1.82) is 0 Å². The van der Waals surface area contributed by atoms with Gasteiger partial charge in [-0.1, -0.05) is 19.9 Å². The minimum atomic E-state index is -3.71. The molecule has 0 atom stereocenters. The van der Waals surface area contributed by atoms with E-state index in [1.165, 1.54) is 17.4 Å². The summed E-state index contributed by atoms with van der Waals surface area (Å²) in [6.07, 6.45) is 5.44. The Labute approximate surface area is 164 Å². The van der Waals surface area contributed by atoms with Crippen molar-refractivity contribution >= 4 is 32.5 Å². The molecule has 1 fully saturated rings. The van der Waals surface area contributed by atoms with Crippen LogP contribution < -0.4 is 9.50 Å². The summed E-state index contributed by atoms with van der Waals surface area (Å²) in [7, 11) is -3.71. The first-order valence-corrected chi connectivity index (χ1v) is 11.4. The molecule has 8 heteroatoms. The number of aromatic nitrogens is 1. The zero-order valence-electron chi connectivity index (χ0n) is 15.5. The molecule has 0 bridgehead atoms. The molecule has 1 aliphatic carbocycles. The normalized spacial score (nSPS) is 17.4. The van der Waals surface area contributed by atoms with E-state index in [-0.39, 0.29) is 23.3 Å². The molecule has 0 saturated heterocycles. The third kappa shape index (κ3) is 5.77. The zero-order valence-corrected chi connectivity index (χ0v) is 17.1. The van der Waals surface area contributed by atoms with Gasteiger partial charge < -0.3 is 4.18 Å². The lowest BCUT2D eigenvalue weighted by molar-refractivity contribution is 0.102. The molecule has 1 heterocycles. The number of rotatable bonds is 6. The van der Waals surface area contributed by atoms with Crippen molar-refractivity contribution < 1.29 is 17.4 Å². The van der Waals surface area contributed by atoms with Gasteiger partial charge in [0.15, 0.2) is 5.13 Å². The minimum absolute atomic E-state index is 0.0125. The number of nitrogens with one attached hydrogen (secondary N) is 1. The van der Waals surface area contributed by atoms with E-state index < -0.39 is 10.1 Å². The predicted molar refractivity (Wildman–Crippen MR) is 107 cm³/mol. The second-order valence-corrected chi connectivity index (χ2v) is 10.2. The first-order chi connectivity index (χ1) is 12.7. The third-order valence-electron chi connectivity index (χ3n) is 4.87. The van der Waals surface area contributed by atoms with Crippen molar-refractivity contribution in [1.82, 2.24) is 4.98 Å². The van der Waals surface area contributed by atoms with Gasteiger partial charge in [0.05, 0.1) is 5.75 Å². The van der Waals surface area contributed by atoms with Gasteiger partial charge in [0.2, 0.25) is 0 Å². The van der Waals surface area contributed by atoms with Crippen molar-refractivity contribution in [3.63, 3.8) is 0 Å². The number of amides is 1. The number of nitrogens with zero attached hydrogens (tertiary/aromatic N) is 1. The molecule has 3 rings (SSSR count). The van der Waals surface area contributed by atoms with Crippen LogP contribution in [-0.2, 0) is 10.1 Å². The molecule has 1 aliphatic rings. The van der Waals surface area contributed by atoms with Gasteiger partial charge in [-0.25, -0.2) is 4.98 Å². The fourth-order valence-corrected chi connectivity index (χ4v) is 5.14. The molecule has 1 N–H and O–H groups in total. The molecule has 0 spiro atoms. The quantitative estimate of drug-likeness (QED) is 0.720. The van der Waals surface area contributed by atoms with Crippen LogP contribution in [-0.4, -0.2) is 25.1 Å². The van der Waals surface area contributed by atoms with Gasteiger partial charge in [-0.3, -0.25) is 10.1 Å². The van der Waals surface area contributed by atoms with Crippen LogP contribution in [0.2, 0.25) is 0 Å². The average Bonchev–Trinajstić information content (AvgIpc) is 3.09. The molecule has 2 aromatic rings. The third-order valence-corrected chi connectivity index (χ3v) is 6.89. The Morgan fingerprint density at radius 2 is 2.07 bits per heavy atom. The standard InChI is InChI=1S/C19H24N2O4S2/c1-19(2)8-6-14(7-9-19)13-27(23,24)25-16-5-3-4-15(12-16)17(22)21-18-20-10-11-26-18/h3-5,10-12,14H,6-9,13H2,1-2H3,(H,20,21,22). The Morgan fingerprint density at radius 1 is 1.33 bits per heavy atom. The lowest BCUT2D eigenvalue weighted by Crippen LogP contribution is -2.27. The van der Waals surface area contributed by atoms with E-state index in [4.69, 9.17) is 4.18 Å². The summed E-state index contributed by atoms with van der Waals surface area (Å²) in [5.41, 5.74) is 0.609. The Morgan fingerprint density at radius 3 is 2.74 bits per heavy atom. The van der Waals surface area contributed by atoms with Crippen LogP contribution in [0.25, 0.3) is 0 Å². The predicted octanol–water partition coefficient (Wildman–Crippen LogP) is 4.32. The Balaban J connectivity index is 1.62. The summed E-state index contributed by atoms with van der Waals surface area (Å²) in [4.78, 5) is 16.3. The maximum atomic E-state index is 12.4. The minimum Gasteiger partial charge on any atom is -0.382 e. The zero-order chi connectivity index (χ0) is 19.5. The average molecular weight is 409 g/mol. The van der Waals surface area contributed by atoms with E-state index >= 15 is 0 Å². The summed E-state index contributed by atoms with van der Waals surface area (Å²) in [6, 6.07) is 6.18. The molecule has 6 nitrogen and oxygen atoms in total. The second-order valence-electron chi connectivity index (χ2n) is 7.73. The SMILES string of the molecule is CC1(C)CCC(CS(=O)(=O)Oc2cccc(C(=O)Nc3nccs3)c2)CC1. The Kier molecular flexibility index (Phi) is 5.86. The molecule has 0 unspecified atom stereocenters. The van der Waals surface area contributed by atoms with Gasteiger partial charge in [0.1, 0.15) is 5.75 Å². The highest BCUT2D eigenvalue weighted by Crippen LogP contribution is 2.38. The monoisotopic (exact) mass is 408 g/mol. The first kappa shape index (κ1) is 19.8. The summed E-state index contributed by atoms with van der Waals surface area (Å²) in [6.45, 7) is 4.44. The van der Waals surface area contributed by atoms with Crippen molar-refractivity contribution in [3.8, 4) is 5.75 Å². The van der Waals surface area contributed by atoms with Gasteiger partial charge in [-0.2, -0.15) is 8.42 Å². The molecule has 1 aromatic heterocycles. The number of thiazole rings is 1. The molecular weight excluding hydrogens is 384 g/mol. The summed E-state index contributed by atoms with van der Waals surface area (Å²) in [5, 5.41) is 4.91. The highest BCUT2D eigenvalue weighted by atomic mass is 32.2. The Hall–Kier alpha value is -1.93. The maximum Gasteiger partial charge on any atom is 0.309 e. The smallest absolute Gasteiger partial charge is 0.309 e. The molecule has 1 saturated carbocycles. The van der Waals surface area contributed by atoms with E-state index in [1.807, 2.05) is 0 Å². The van der Waals surface area contributed by atoms with Crippen molar-refractivity contribution in [2.75, 3.05) is 11.1 Å². The van der Waals surface area contributed by atoms with Crippen LogP contribution in [0.3, 0.4) is 0 Å². The van der Waals surface area contributed by atoms with E-state index in [0.717, 1.165) is 25.7 Å². The topological polar surface area (TPSA) is 85.4 Å². The second kappa shape index (κ2) is 7.98. The van der Waals surface area contributed by atoms with E-state index in [2.05, 4.69) is 24.1 Å². The highest BCUT2D eigenvalue weighted by Gasteiger charge is 2.30. The first-order valence-electron chi connectivity index (χ1n) is 8.96. The number of carbonyl (C=O) groups excluding carboxylic acids is 1. The van der Waals surface area contributed by atoms with Gasteiger partial charge >= 0.3 is 10.1 Å². The summed E-state index contributed by atoms with van der Waals surface area (Å²) >= 11 is 1.31. The van der Waals surface area contributed by atoms with Gasteiger partial charge in [-0.15, -0.1) is 11.3 Å². The largest absolute Gasteiger partial charge is 0.382 e.